The summed E-state index contributed by atoms with van der Waals surface area (Å²) in [5.74, 6) is -1.15. The van der Waals surface area contributed by atoms with Crippen LogP contribution in [-0.4, -0.2) is 17.1 Å². The van der Waals surface area contributed by atoms with Crippen molar-refractivity contribution in [1.82, 2.24) is 0 Å². The molecule has 1 fully saturated rings. The van der Waals surface area contributed by atoms with E-state index in [4.69, 9.17) is 5.11 Å². The molecular formula is C15H20FNO2. The molecule has 1 aliphatic rings. The second-order valence-electron chi connectivity index (χ2n) is 5.45. The highest BCUT2D eigenvalue weighted by atomic mass is 19.1. The predicted molar refractivity (Wildman–Crippen MR) is 73.0 cm³/mol. The zero-order chi connectivity index (χ0) is 13.8. The first kappa shape index (κ1) is 13.8. The normalized spacial score (nSPS) is 23.7. The Bertz CT molecular complexity index is 461. The summed E-state index contributed by atoms with van der Waals surface area (Å²) in [6.45, 7) is 2.27. The Morgan fingerprint density at radius 1 is 1.32 bits per heavy atom. The van der Waals surface area contributed by atoms with E-state index < -0.39 is 11.8 Å². The molecule has 1 aromatic rings. The van der Waals surface area contributed by atoms with Crippen LogP contribution in [0.15, 0.2) is 18.2 Å². The minimum absolute atomic E-state index is 0.271. The molecule has 1 aliphatic carbocycles. The van der Waals surface area contributed by atoms with Gasteiger partial charge in [-0.15, -0.1) is 0 Å². The first-order chi connectivity index (χ1) is 9.06. The number of rotatable bonds is 3. The van der Waals surface area contributed by atoms with Crippen LogP contribution in [0, 0.1) is 11.7 Å². The Hall–Kier alpha value is -1.58. The van der Waals surface area contributed by atoms with E-state index in [0.29, 0.717) is 11.7 Å². The summed E-state index contributed by atoms with van der Waals surface area (Å²) in [7, 11) is 0. The van der Waals surface area contributed by atoms with Gasteiger partial charge in [0.1, 0.15) is 5.82 Å². The van der Waals surface area contributed by atoms with Crippen molar-refractivity contribution >= 4 is 11.7 Å². The maximum Gasteiger partial charge on any atom is 0.338 e. The van der Waals surface area contributed by atoms with Crippen LogP contribution < -0.4 is 5.32 Å². The number of carboxylic acids is 1. The lowest BCUT2D eigenvalue weighted by molar-refractivity contribution is 0.0692. The molecular weight excluding hydrogens is 245 g/mol. The van der Waals surface area contributed by atoms with Crippen molar-refractivity contribution in [2.75, 3.05) is 5.32 Å². The zero-order valence-corrected chi connectivity index (χ0v) is 11.2. The fraction of sp³-hybridized carbons (Fsp3) is 0.533. The summed E-state index contributed by atoms with van der Waals surface area (Å²) in [4.78, 5) is 10.9. The zero-order valence-electron chi connectivity index (χ0n) is 11.2. The molecule has 1 aromatic carbocycles. The lowest BCUT2D eigenvalue weighted by atomic mass is 10.0. The van der Waals surface area contributed by atoms with Gasteiger partial charge >= 0.3 is 5.97 Å². The molecule has 0 spiro atoms. The van der Waals surface area contributed by atoms with Gasteiger partial charge < -0.3 is 10.4 Å². The number of hydrogen-bond acceptors (Lipinski definition) is 2. The van der Waals surface area contributed by atoms with Gasteiger partial charge in [-0.1, -0.05) is 19.8 Å². The van der Waals surface area contributed by atoms with Gasteiger partial charge in [-0.25, -0.2) is 9.18 Å². The van der Waals surface area contributed by atoms with Crippen molar-refractivity contribution in [3.05, 3.63) is 29.6 Å². The third-order valence-electron chi connectivity index (χ3n) is 3.82. The van der Waals surface area contributed by atoms with Gasteiger partial charge in [0.05, 0.1) is 5.56 Å². The fourth-order valence-corrected chi connectivity index (χ4v) is 2.65. The maximum absolute atomic E-state index is 13.3. The number of carbonyl (C=O) groups is 1. The second-order valence-corrected chi connectivity index (χ2v) is 5.45. The molecule has 0 radical (unpaired) electrons. The van der Waals surface area contributed by atoms with Gasteiger partial charge in [-0.3, -0.25) is 0 Å². The number of anilines is 1. The van der Waals surface area contributed by atoms with Crippen molar-refractivity contribution in [2.24, 2.45) is 5.92 Å². The van der Waals surface area contributed by atoms with Gasteiger partial charge in [0.25, 0.3) is 0 Å². The summed E-state index contributed by atoms with van der Waals surface area (Å²) >= 11 is 0. The molecule has 104 valence electrons. The van der Waals surface area contributed by atoms with Crippen molar-refractivity contribution in [2.45, 2.75) is 45.1 Å². The summed E-state index contributed by atoms with van der Waals surface area (Å²) in [6, 6.07) is 4.56. The van der Waals surface area contributed by atoms with Gasteiger partial charge in [0.15, 0.2) is 0 Å². The van der Waals surface area contributed by atoms with Crippen LogP contribution in [0.5, 0.6) is 0 Å². The molecule has 4 heteroatoms. The Balaban J connectivity index is 2.06. The topological polar surface area (TPSA) is 49.3 Å². The van der Waals surface area contributed by atoms with Crippen molar-refractivity contribution in [3.63, 3.8) is 0 Å². The van der Waals surface area contributed by atoms with Crippen LogP contribution in [0.25, 0.3) is 0 Å². The van der Waals surface area contributed by atoms with Gasteiger partial charge in [0.2, 0.25) is 0 Å². The molecule has 0 aromatic heterocycles. The molecule has 0 bridgehead atoms. The fourth-order valence-electron chi connectivity index (χ4n) is 2.65. The van der Waals surface area contributed by atoms with E-state index in [2.05, 4.69) is 12.2 Å². The molecule has 1 saturated carbocycles. The van der Waals surface area contributed by atoms with Crippen LogP contribution in [0.2, 0.25) is 0 Å². The van der Waals surface area contributed by atoms with Gasteiger partial charge in [0, 0.05) is 11.7 Å². The molecule has 0 aliphatic heterocycles. The first-order valence-corrected chi connectivity index (χ1v) is 6.85. The third-order valence-corrected chi connectivity index (χ3v) is 3.82. The van der Waals surface area contributed by atoms with E-state index >= 15 is 0 Å². The van der Waals surface area contributed by atoms with Crippen molar-refractivity contribution < 1.29 is 14.3 Å². The molecule has 2 unspecified atom stereocenters. The number of benzene rings is 1. The van der Waals surface area contributed by atoms with Crippen LogP contribution in [0.3, 0.4) is 0 Å². The Morgan fingerprint density at radius 2 is 2.11 bits per heavy atom. The van der Waals surface area contributed by atoms with E-state index in [1.54, 1.807) is 6.07 Å². The number of halogens is 1. The van der Waals surface area contributed by atoms with Crippen LogP contribution in [0.1, 0.15) is 49.4 Å². The number of nitrogens with one attached hydrogen (secondary N) is 1. The molecule has 19 heavy (non-hydrogen) atoms. The maximum atomic E-state index is 13.3. The summed E-state index contributed by atoms with van der Waals surface area (Å²) in [6.07, 6.45) is 5.80. The highest BCUT2D eigenvalue weighted by Crippen LogP contribution is 2.25. The van der Waals surface area contributed by atoms with E-state index in [1.807, 2.05) is 0 Å². The smallest absolute Gasteiger partial charge is 0.338 e. The molecule has 2 N–H and O–H groups in total. The van der Waals surface area contributed by atoms with Crippen molar-refractivity contribution in [3.8, 4) is 0 Å². The molecule has 3 nitrogen and oxygen atoms in total. The predicted octanol–water partition coefficient (Wildman–Crippen LogP) is 3.90. The molecule has 0 heterocycles. The second kappa shape index (κ2) is 6.04. The Labute approximate surface area is 112 Å². The number of carboxylic acid groups (broad SMARTS) is 1. The highest BCUT2D eigenvalue weighted by molar-refractivity contribution is 5.89. The molecule has 2 rings (SSSR count). The average molecular weight is 265 g/mol. The SMILES string of the molecule is CC1CCCC(Nc2ccc(F)c(C(=O)O)c2)CC1. The Morgan fingerprint density at radius 3 is 2.84 bits per heavy atom. The Kier molecular flexibility index (Phi) is 4.40. The van der Waals surface area contributed by atoms with Crippen LogP contribution in [0.4, 0.5) is 10.1 Å². The van der Waals surface area contributed by atoms with E-state index in [0.717, 1.165) is 18.8 Å². The van der Waals surface area contributed by atoms with Crippen molar-refractivity contribution in [1.29, 1.82) is 0 Å². The lowest BCUT2D eigenvalue weighted by Gasteiger charge is -2.18. The van der Waals surface area contributed by atoms with Crippen LogP contribution >= 0.6 is 0 Å². The van der Waals surface area contributed by atoms with Crippen LogP contribution in [-0.2, 0) is 0 Å². The number of aromatic carboxylic acids is 1. The minimum Gasteiger partial charge on any atom is -0.478 e. The van der Waals surface area contributed by atoms with Gasteiger partial charge in [-0.2, -0.15) is 0 Å². The van der Waals surface area contributed by atoms with E-state index in [-0.39, 0.29) is 5.56 Å². The first-order valence-electron chi connectivity index (χ1n) is 6.85. The largest absolute Gasteiger partial charge is 0.478 e. The van der Waals surface area contributed by atoms with Gasteiger partial charge in [-0.05, 0) is 43.4 Å². The summed E-state index contributed by atoms with van der Waals surface area (Å²) < 4.78 is 13.3. The summed E-state index contributed by atoms with van der Waals surface area (Å²) in [5, 5.41) is 12.2. The minimum atomic E-state index is -1.23. The lowest BCUT2D eigenvalue weighted by Crippen LogP contribution is -2.18. The number of hydrogen-bond donors (Lipinski definition) is 2. The summed E-state index contributed by atoms with van der Waals surface area (Å²) in [5.41, 5.74) is 0.422. The molecule has 0 amide bonds. The average Bonchev–Trinajstić information content (AvgIpc) is 2.56. The quantitative estimate of drug-likeness (QED) is 0.815. The highest BCUT2D eigenvalue weighted by Gasteiger charge is 2.17. The third kappa shape index (κ3) is 3.69. The monoisotopic (exact) mass is 265 g/mol. The molecule has 0 saturated heterocycles. The standard InChI is InChI=1S/C15H20FNO2/c1-10-3-2-4-11(6-5-10)17-12-7-8-14(16)13(9-12)15(18)19/h7-11,17H,2-6H2,1H3,(H,18,19). The van der Waals surface area contributed by atoms with E-state index in [1.165, 1.54) is 31.4 Å². The molecule has 2 atom stereocenters. The van der Waals surface area contributed by atoms with E-state index in [9.17, 15) is 9.18 Å².